The van der Waals surface area contributed by atoms with E-state index in [1.807, 2.05) is 0 Å². The van der Waals surface area contributed by atoms with E-state index in [0.717, 1.165) is 0 Å². The maximum atomic E-state index is 12.3. The second-order valence-corrected chi connectivity index (χ2v) is 8.47. The number of carbonyl (C=O) groups is 1. The van der Waals surface area contributed by atoms with Gasteiger partial charge in [0.05, 0.1) is 19.1 Å². The van der Waals surface area contributed by atoms with E-state index >= 15 is 0 Å². The van der Waals surface area contributed by atoms with Gasteiger partial charge in [-0.05, 0) is 42.5 Å². The predicted octanol–water partition coefficient (Wildman–Crippen LogP) is 3.61. The number of nitrogens with one attached hydrogen (secondary N) is 2. The first kappa shape index (κ1) is 21.3. The van der Waals surface area contributed by atoms with Crippen molar-refractivity contribution in [1.82, 2.24) is 4.98 Å². The lowest BCUT2D eigenvalue weighted by atomic mass is 10.1. The fraction of sp³-hybridized carbons (Fsp3) is 0.100. The molecule has 1 heterocycles. The minimum atomic E-state index is -3.74. The zero-order valence-electron chi connectivity index (χ0n) is 16.2. The summed E-state index contributed by atoms with van der Waals surface area (Å²) in [6.07, 6.45) is 4.49. The van der Waals surface area contributed by atoms with Gasteiger partial charge in [0.25, 0.3) is 10.0 Å². The smallest absolute Gasteiger partial charge is 0.263 e. The van der Waals surface area contributed by atoms with Gasteiger partial charge in [-0.25, -0.2) is 13.4 Å². The van der Waals surface area contributed by atoms with E-state index < -0.39 is 10.0 Å². The highest BCUT2D eigenvalue weighted by molar-refractivity contribution is 7.93. The van der Waals surface area contributed by atoms with Crippen molar-refractivity contribution in [2.45, 2.75) is 4.90 Å². The molecule has 0 unspecified atom stereocenters. The average Bonchev–Trinajstić information content (AvgIpc) is 3.24. The summed E-state index contributed by atoms with van der Waals surface area (Å²) in [5.41, 5.74) is 1.17. The second-order valence-electron chi connectivity index (χ2n) is 5.90. The molecule has 0 spiro atoms. The molecule has 156 valence electrons. The van der Waals surface area contributed by atoms with Crippen LogP contribution in [0.1, 0.15) is 5.56 Å². The molecule has 0 fully saturated rings. The van der Waals surface area contributed by atoms with Gasteiger partial charge >= 0.3 is 0 Å². The van der Waals surface area contributed by atoms with E-state index in [1.54, 1.807) is 36.8 Å². The van der Waals surface area contributed by atoms with Gasteiger partial charge in [-0.1, -0.05) is 0 Å². The Hall–Kier alpha value is -3.37. The van der Waals surface area contributed by atoms with Crippen LogP contribution in [0, 0.1) is 0 Å². The number of anilines is 2. The molecule has 2 aromatic carbocycles. The summed E-state index contributed by atoms with van der Waals surface area (Å²) in [7, 11) is -0.649. The summed E-state index contributed by atoms with van der Waals surface area (Å²) in [5, 5.41) is 4.64. The Morgan fingerprint density at radius 3 is 2.50 bits per heavy atom. The minimum Gasteiger partial charge on any atom is -0.497 e. The zero-order valence-corrected chi connectivity index (χ0v) is 17.8. The highest BCUT2D eigenvalue weighted by Gasteiger charge is 2.15. The van der Waals surface area contributed by atoms with Crippen LogP contribution in [0.25, 0.3) is 6.08 Å². The molecule has 0 radical (unpaired) electrons. The highest BCUT2D eigenvalue weighted by atomic mass is 32.2. The van der Waals surface area contributed by atoms with Crippen LogP contribution < -0.4 is 19.5 Å². The third-order valence-electron chi connectivity index (χ3n) is 3.94. The van der Waals surface area contributed by atoms with Gasteiger partial charge < -0.3 is 14.8 Å². The molecule has 0 saturated heterocycles. The van der Waals surface area contributed by atoms with Crippen LogP contribution in [0.4, 0.5) is 10.8 Å². The van der Waals surface area contributed by atoms with Crippen LogP contribution in [-0.4, -0.2) is 33.5 Å². The van der Waals surface area contributed by atoms with E-state index in [1.165, 1.54) is 55.0 Å². The molecule has 0 aliphatic carbocycles. The van der Waals surface area contributed by atoms with E-state index in [4.69, 9.17) is 9.47 Å². The van der Waals surface area contributed by atoms with Crippen molar-refractivity contribution in [3.05, 3.63) is 65.7 Å². The van der Waals surface area contributed by atoms with Crippen LogP contribution in [-0.2, 0) is 14.8 Å². The van der Waals surface area contributed by atoms with E-state index in [2.05, 4.69) is 15.0 Å². The van der Waals surface area contributed by atoms with Gasteiger partial charge in [0, 0.05) is 35.0 Å². The normalized spacial score (nSPS) is 11.3. The lowest BCUT2D eigenvalue weighted by Gasteiger charge is -2.08. The molecule has 0 atom stereocenters. The Morgan fingerprint density at radius 1 is 1.10 bits per heavy atom. The number of methoxy groups -OCH3 is 2. The Bertz CT molecular complexity index is 1140. The SMILES string of the molecule is COc1ccc(C=CC(=O)Nc2ccc(S(=O)(=O)Nc3nccs3)cc2)c(OC)c1. The van der Waals surface area contributed by atoms with Crippen LogP contribution in [0.2, 0.25) is 0 Å². The topological polar surface area (TPSA) is 107 Å². The van der Waals surface area contributed by atoms with Crippen LogP contribution in [0.5, 0.6) is 11.5 Å². The lowest BCUT2D eigenvalue weighted by molar-refractivity contribution is -0.111. The molecule has 0 aliphatic heterocycles. The first-order valence-corrected chi connectivity index (χ1v) is 11.0. The summed E-state index contributed by atoms with van der Waals surface area (Å²) >= 11 is 1.18. The third kappa shape index (κ3) is 5.37. The van der Waals surface area contributed by atoms with Crippen LogP contribution >= 0.6 is 11.3 Å². The van der Waals surface area contributed by atoms with Gasteiger partial charge in [0.2, 0.25) is 5.91 Å². The van der Waals surface area contributed by atoms with Gasteiger partial charge in [0.15, 0.2) is 5.13 Å². The van der Waals surface area contributed by atoms with E-state index in [0.29, 0.717) is 22.7 Å². The lowest BCUT2D eigenvalue weighted by Crippen LogP contribution is -2.13. The van der Waals surface area contributed by atoms with Gasteiger partial charge in [-0.3, -0.25) is 9.52 Å². The van der Waals surface area contributed by atoms with Crippen molar-refractivity contribution in [2.75, 3.05) is 24.3 Å². The second kappa shape index (κ2) is 9.42. The molecule has 3 aromatic rings. The third-order valence-corrected chi connectivity index (χ3v) is 6.11. The number of sulfonamides is 1. The number of rotatable bonds is 8. The summed E-state index contributed by atoms with van der Waals surface area (Å²) < 4.78 is 37.5. The van der Waals surface area contributed by atoms with Crippen molar-refractivity contribution in [3.8, 4) is 11.5 Å². The standard InChI is InChI=1S/C20H19N3O5S2/c1-27-16-7-3-14(18(13-16)28-2)4-10-19(24)22-15-5-8-17(9-6-15)30(25,26)23-20-21-11-12-29-20/h3-13H,1-2H3,(H,21,23)(H,22,24). The number of carbonyl (C=O) groups excluding carboxylic acids is 1. The molecule has 0 saturated carbocycles. The van der Waals surface area contributed by atoms with Crippen molar-refractivity contribution < 1.29 is 22.7 Å². The van der Waals surface area contributed by atoms with Gasteiger partial charge in [-0.15, -0.1) is 11.3 Å². The average molecular weight is 446 g/mol. The molecular formula is C20H19N3O5S2. The molecule has 0 aliphatic rings. The van der Waals surface area contributed by atoms with Crippen molar-refractivity contribution >= 4 is 44.2 Å². The molecule has 1 amide bonds. The largest absolute Gasteiger partial charge is 0.497 e. The first-order chi connectivity index (χ1) is 14.4. The number of aromatic nitrogens is 1. The minimum absolute atomic E-state index is 0.0641. The summed E-state index contributed by atoms with van der Waals surface area (Å²) in [6, 6.07) is 11.1. The summed E-state index contributed by atoms with van der Waals surface area (Å²) in [4.78, 5) is 16.2. The molecule has 10 heteroatoms. The Labute approximate surface area is 178 Å². The number of hydrogen-bond donors (Lipinski definition) is 2. The molecule has 1 aromatic heterocycles. The fourth-order valence-electron chi connectivity index (χ4n) is 2.47. The van der Waals surface area contributed by atoms with Crippen molar-refractivity contribution in [3.63, 3.8) is 0 Å². The molecule has 0 bridgehead atoms. The van der Waals surface area contributed by atoms with Gasteiger partial charge in [0.1, 0.15) is 11.5 Å². The maximum Gasteiger partial charge on any atom is 0.263 e. The molecule has 30 heavy (non-hydrogen) atoms. The predicted molar refractivity (Wildman–Crippen MR) is 117 cm³/mol. The molecular weight excluding hydrogens is 426 g/mol. The number of nitrogens with zero attached hydrogens (tertiary/aromatic N) is 1. The highest BCUT2D eigenvalue weighted by Crippen LogP contribution is 2.25. The number of ether oxygens (including phenoxy) is 2. The number of amides is 1. The number of benzene rings is 2. The van der Waals surface area contributed by atoms with Gasteiger partial charge in [-0.2, -0.15) is 0 Å². The number of thiazole rings is 1. The quantitative estimate of drug-likeness (QED) is 0.513. The van der Waals surface area contributed by atoms with Crippen LogP contribution in [0.3, 0.4) is 0 Å². The first-order valence-electron chi connectivity index (χ1n) is 8.65. The van der Waals surface area contributed by atoms with Crippen LogP contribution in [0.15, 0.2) is 65.0 Å². The monoisotopic (exact) mass is 445 g/mol. The molecule has 8 nitrogen and oxygen atoms in total. The molecule has 3 rings (SSSR count). The van der Waals surface area contributed by atoms with E-state index in [9.17, 15) is 13.2 Å². The number of hydrogen-bond acceptors (Lipinski definition) is 7. The van der Waals surface area contributed by atoms with Crippen molar-refractivity contribution in [2.24, 2.45) is 0 Å². The van der Waals surface area contributed by atoms with Crippen molar-refractivity contribution in [1.29, 1.82) is 0 Å². The fourth-order valence-corrected chi connectivity index (χ4v) is 4.26. The Kier molecular flexibility index (Phi) is 6.70. The summed E-state index contributed by atoms with van der Waals surface area (Å²) in [5.74, 6) is 0.845. The summed E-state index contributed by atoms with van der Waals surface area (Å²) in [6.45, 7) is 0. The Morgan fingerprint density at radius 2 is 1.87 bits per heavy atom. The Balaban J connectivity index is 1.65. The maximum absolute atomic E-state index is 12.3. The molecule has 2 N–H and O–H groups in total. The zero-order chi connectivity index (χ0) is 21.6. The van der Waals surface area contributed by atoms with E-state index in [-0.39, 0.29) is 15.9 Å².